The van der Waals surface area contributed by atoms with Crippen molar-refractivity contribution in [1.29, 1.82) is 0 Å². The summed E-state index contributed by atoms with van der Waals surface area (Å²) < 4.78 is 26.6. The van der Waals surface area contributed by atoms with Gasteiger partial charge in [-0.05, 0) is 0 Å². The van der Waals surface area contributed by atoms with Crippen LogP contribution < -0.4 is 17.7 Å². The molecule has 0 saturated carbocycles. The predicted molar refractivity (Wildman–Crippen MR) is 483 cm³/mol. The number of rotatable bonds is 14. The Balaban J connectivity index is 1.10. The Bertz CT molecular complexity index is 4000. The summed E-state index contributed by atoms with van der Waals surface area (Å²) in [6.07, 6.45) is 29.5. The van der Waals surface area contributed by atoms with Gasteiger partial charge in [0.1, 0.15) is 0 Å². The first-order chi connectivity index (χ1) is 50.7. The van der Waals surface area contributed by atoms with E-state index in [1.54, 1.807) is 66.9 Å². The van der Waals surface area contributed by atoms with Crippen molar-refractivity contribution in [1.82, 2.24) is 0 Å². The molecule has 8 atom stereocenters. The Morgan fingerprint density at radius 2 is 0.514 bits per heavy atom. The van der Waals surface area contributed by atoms with Crippen molar-refractivity contribution < 1.29 is 32.6 Å². The summed E-state index contributed by atoms with van der Waals surface area (Å²) in [6.45, 7) is 63.6. The third-order valence-corrected chi connectivity index (χ3v) is 135. The van der Waals surface area contributed by atoms with Crippen molar-refractivity contribution in [2.75, 3.05) is 0 Å². The molecule has 2 fully saturated rings. The van der Waals surface area contributed by atoms with Crippen LogP contribution in [0.4, 0.5) is 0 Å². The molecule has 8 unspecified atom stereocenters. The Morgan fingerprint density at radius 3 is 0.679 bits per heavy atom. The molecule has 0 amide bonds. The zero-order chi connectivity index (χ0) is 79.1. The van der Waals surface area contributed by atoms with E-state index in [0.29, 0.717) is 0 Å². The number of hydrogen-bond acceptors (Lipinski definition) is 4. The molecule has 2 saturated heterocycles. The summed E-state index contributed by atoms with van der Waals surface area (Å²) in [7, 11) is 10.7. The van der Waals surface area contributed by atoms with Crippen LogP contribution in [0.2, 0.25) is 95.6 Å². The molecule has 10 aliphatic rings. The Kier molecular flexibility index (Phi) is 20.5. The van der Waals surface area contributed by atoms with Gasteiger partial charge in [-0.25, -0.2) is 0 Å². The first kappa shape index (κ1) is 82.3. The molecule has 590 valence electrons. The van der Waals surface area contributed by atoms with Crippen molar-refractivity contribution in [2.24, 2.45) is 0 Å². The second kappa shape index (κ2) is 27.2. The minimum atomic E-state index is -7.53. The van der Waals surface area contributed by atoms with E-state index in [0.717, 1.165) is 112 Å². The van der Waals surface area contributed by atoms with Gasteiger partial charge in [0.15, 0.2) is 0 Å². The van der Waals surface area contributed by atoms with Crippen LogP contribution in [0, 0.1) is 0 Å². The third kappa shape index (κ3) is 10.8. The van der Waals surface area contributed by atoms with Gasteiger partial charge in [-0.2, -0.15) is 0 Å². The summed E-state index contributed by atoms with van der Waals surface area (Å²) in [5.74, 6) is 4.90. The van der Waals surface area contributed by atoms with Gasteiger partial charge >= 0.3 is 681 Å². The van der Waals surface area contributed by atoms with Crippen LogP contribution >= 0.6 is 17.0 Å². The fourth-order valence-electron chi connectivity index (χ4n) is 25.9. The van der Waals surface area contributed by atoms with Gasteiger partial charge < -0.3 is 0 Å². The van der Waals surface area contributed by atoms with E-state index in [-0.39, 0.29) is 43.8 Å². The molecule has 0 radical (unpaired) electrons. The molecular formula is C96H140Cl2O4Si6Zr. The van der Waals surface area contributed by atoms with Crippen LogP contribution in [0.15, 0.2) is 188 Å². The molecule has 0 N–H and O–H groups in total. The van der Waals surface area contributed by atoms with Gasteiger partial charge in [0.25, 0.3) is 0 Å². The van der Waals surface area contributed by atoms with Crippen molar-refractivity contribution >= 4 is 67.9 Å². The van der Waals surface area contributed by atoms with E-state index in [9.17, 15) is 17.0 Å². The van der Waals surface area contributed by atoms with Gasteiger partial charge in [-0.15, -0.1) is 0 Å². The average molecular weight is 1690 g/mol. The first-order valence-electron chi connectivity index (χ1n) is 43.3. The number of allylic oxidation sites excluding steroid dienone is 16. The van der Waals surface area contributed by atoms with Crippen LogP contribution in [0.1, 0.15) is 273 Å². The number of hydrogen-bond donors (Lipinski definition) is 0. The topological polar surface area (TPSA) is 36.9 Å². The van der Waals surface area contributed by atoms with E-state index in [4.69, 9.17) is 17.7 Å². The van der Waals surface area contributed by atoms with Crippen LogP contribution in [0.25, 0.3) is 0 Å². The van der Waals surface area contributed by atoms with E-state index in [1.165, 1.54) is 47.9 Å². The van der Waals surface area contributed by atoms with Gasteiger partial charge in [0.2, 0.25) is 0 Å². The molecule has 8 aliphatic carbocycles. The molecule has 14 rings (SSSR count). The van der Waals surface area contributed by atoms with E-state index >= 15 is 0 Å². The van der Waals surface area contributed by atoms with Crippen LogP contribution in [0.3, 0.4) is 0 Å². The van der Waals surface area contributed by atoms with Gasteiger partial charge in [0, 0.05) is 0 Å². The number of halogens is 2. The second-order valence-corrected chi connectivity index (χ2v) is 102. The standard InChI is InChI=1S/2C48H70O2Si3.2ClH.Zr/c2*1-14-51(45-33(2)31-43-39(19-15-17-21-41(43)45)35-23-27-37(28-24-35)49-52(10,11)47(4,5)6)46-34(3)32-44-40(20-16-18-22-42(44)46)36-25-29-38(30-26-36)50-53(12,13)48(7,8)9;;;/h2*23-32,39-40,51H,14-22H2,1-13H3;2*1H;/q;;;;+2/p-2. The summed E-state index contributed by atoms with van der Waals surface area (Å²) >= 11 is -7.53. The van der Waals surface area contributed by atoms with Crippen LogP contribution in [0.5, 0.6) is 23.0 Å². The fourth-order valence-corrected chi connectivity index (χ4v) is 153. The van der Waals surface area contributed by atoms with Crippen LogP contribution in [-0.4, -0.2) is 50.9 Å². The van der Waals surface area contributed by atoms with Crippen LogP contribution in [-0.2, 0) is 14.9 Å². The van der Waals surface area contributed by atoms with E-state index < -0.39 is 76.8 Å². The van der Waals surface area contributed by atoms with Crippen molar-refractivity contribution in [3.8, 4) is 23.0 Å². The Hall–Kier alpha value is -3.24. The van der Waals surface area contributed by atoms with E-state index in [1.807, 2.05) is 0 Å². The van der Waals surface area contributed by atoms with Gasteiger partial charge in [-0.1, -0.05) is 0 Å². The first-order valence-corrected chi connectivity index (χ1v) is 70.2. The molecule has 4 aromatic carbocycles. The maximum absolute atomic E-state index is 12.0. The molecule has 2 aliphatic heterocycles. The third-order valence-electron chi connectivity index (χ3n) is 33.8. The molecule has 4 aromatic rings. The molecule has 5 spiro atoms. The molecule has 109 heavy (non-hydrogen) atoms. The molecular weight excluding hydrogens is 1550 g/mol. The molecule has 13 heteroatoms. The number of fused-ring (bicyclic) bond motifs is 8. The second-order valence-electron chi connectivity index (χ2n) is 42.7. The molecule has 2 heterocycles. The summed E-state index contributed by atoms with van der Waals surface area (Å²) in [5, 5.41) is 0.359. The van der Waals surface area contributed by atoms with Gasteiger partial charge in [0.05, 0.1) is 0 Å². The predicted octanol–water partition coefficient (Wildman–Crippen LogP) is 30.8. The molecule has 0 aromatic heterocycles. The quantitative estimate of drug-likeness (QED) is 0.118. The number of benzene rings is 4. The summed E-state index contributed by atoms with van der Waals surface area (Å²) in [6, 6.07) is 40.9. The normalized spacial score (nSPS) is 31.0. The average Bonchev–Trinajstić information content (AvgIpc) is 1.50. The zero-order valence-corrected chi connectivity index (χ0v) is 82.9. The Labute approximate surface area is 674 Å². The minimum absolute atomic E-state index is 0.0897. The fraction of sp³-hybridized carbons (Fsp3) is 0.583. The summed E-state index contributed by atoms with van der Waals surface area (Å²) in [5.41, 5.74) is 25.4. The zero-order valence-electron chi connectivity index (χ0n) is 72.6. The molecule has 0 bridgehead atoms. The van der Waals surface area contributed by atoms with Gasteiger partial charge in [-0.3, -0.25) is 0 Å². The van der Waals surface area contributed by atoms with Crippen molar-refractivity contribution in [3.63, 3.8) is 0 Å². The SMILES string of the molecule is CC[SiH]1[C]2(C(C)=CC3=C2CCCCC3c2ccc(O[Si](C)(C)C(C)(C)C)cc2)[Zr]2([Cl])([Cl])([C]13C(C)=CC1=C3CCCCC1c1ccc(O[Si](C)(C)C(C)(C)C)cc1)[C]1(C(C)=CC3=C1CCCCC3c1ccc(O[Si](C)(C)C(C)(C)C)cc1)[SiH](CC)[C]21C(C)=CC2=C1CCCCC2c1ccc(O[Si](C)(C)C(C)(C)C)cc1. The van der Waals surface area contributed by atoms with Crippen molar-refractivity contribution in [3.05, 3.63) is 210 Å². The monoisotopic (exact) mass is 1680 g/mol. The maximum atomic E-state index is 12.0. The summed E-state index contributed by atoms with van der Waals surface area (Å²) in [4.78, 5) is 0. The Morgan fingerprint density at radius 1 is 0.330 bits per heavy atom. The van der Waals surface area contributed by atoms with E-state index in [2.05, 4.69) is 298 Å². The molecule has 4 nitrogen and oxygen atoms in total. The van der Waals surface area contributed by atoms with Crippen molar-refractivity contribution in [2.45, 2.75) is 347 Å².